The van der Waals surface area contributed by atoms with Crippen molar-refractivity contribution in [2.24, 2.45) is 0 Å². The number of rotatable bonds is 5. The topological polar surface area (TPSA) is 55.1 Å². The van der Waals surface area contributed by atoms with Crippen molar-refractivity contribution in [3.8, 4) is 11.3 Å². The molecule has 0 fully saturated rings. The molecule has 2 rings (SSSR count). The summed E-state index contributed by atoms with van der Waals surface area (Å²) in [5, 5.41) is 6.72. The van der Waals surface area contributed by atoms with Crippen LogP contribution >= 0.6 is 0 Å². The minimum atomic E-state index is -0.188. The van der Waals surface area contributed by atoms with Crippen LogP contribution in [0.1, 0.15) is 37.2 Å². The largest absolute Gasteiger partial charge is 0.355 e. The summed E-state index contributed by atoms with van der Waals surface area (Å²) in [7, 11) is 0. The van der Waals surface area contributed by atoms with E-state index in [4.69, 9.17) is 4.52 Å². The predicted octanol–water partition coefficient (Wildman–Crippen LogP) is 3.26. The molecule has 1 atom stereocenters. The number of hydrogen-bond acceptors (Lipinski definition) is 3. The van der Waals surface area contributed by atoms with Crippen LogP contribution in [-0.2, 0) is 0 Å². The lowest BCUT2D eigenvalue weighted by Crippen LogP contribution is -2.32. The Morgan fingerprint density at radius 3 is 2.79 bits per heavy atom. The van der Waals surface area contributed by atoms with Crippen molar-refractivity contribution in [3.05, 3.63) is 42.1 Å². The Balaban J connectivity index is 2.07. The number of nitrogens with zero attached hydrogens (tertiary/aromatic N) is 1. The summed E-state index contributed by atoms with van der Waals surface area (Å²) in [5.41, 5.74) is 1.23. The normalized spacial score (nSPS) is 12.1. The van der Waals surface area contributed by atoms with Crippen LogP contribution in [0.5, 0.6) is 0 Å². The summed E-state index contributed by atoms with van der Waals surface area (Å²) in [4.78, 5) is 11.9. The third-order valence-electron chi connectivity index (χ3n) is 2.90. The summed E-state index contributed by atoms with van der Waals surface area (Å²) in [5.74, 6) is 0.417. The lowest BCUT2D eigenvalue weighted by atomic mass is 10.1. The number of nitrogens with one attached hydrogen (secondary N) is 1. The van der Waals surface area contributed by atoms with Gasteiger partial charge in [0.2, 0.25) is 0 Å². The molecule has 4 nitrogen and oxygen atoms in total. The number of carbonyl (C=O) groups is 1. The smallest absolute Gasteiger partial charge is 0.273 e. The molecule has 0 radical (unpaired) electrons. The van der Waals surface area contributed by atoms with Crippen molar-refractivity contribution in [1.29, 1.82) is 0 Å². The molecule has 19 heavy (non-hydrogen) atoms. The van der Waals surface area contributed by atoms with E-state index in [1.165, 1.54) is 0 Å². The molecule has 0 saturated heterocycles. The van der Waals surface area contributed by atoms with Crippen molar-refractivity contribution in [3.63, 3.8) is 0 Å². The van der Waals surface area contributed by atoms with Gasteiger partial charge in [0.1, 0.15) is 0 Å². The van der Waals surface area contributed by atoms with E-state index < -0.39 is 0 Å². The second-order valence-corrected chi connectivity index (χ2v) is 4.61. The minimum absolute atomic E-state index is 0.148. The van der Waals surface area contributed by atoms with Gasteiger partial charge in [0, 0.05) is 17.7 Å². The number of amides is 1. The van der Waals surface area contributed by atoms with Gasteiger partial charge in [0.25, 0.3) is 5.91 Å². The van der Waals surface area contributed by atoms with E-state index in [0.29, 0.717) is 11.5 Å². The Bertz CT molecular complexity index is 534. The highest BCUT2D eigenvalue weighted by molar-refractivity contribution is 5.93. The summed E-state index contributed by atoms with van der Waals surface area (Å²) in [6, 6.07) is 11.4. The van der Waals surface area contributed by atoms with Crippen LogP contribution in [0.4, 0.5) is 0 Å². The molecule has 1 amide bonds. The van der Waals surface area contributed by atoms with Gasteiger partial charge in [-0.3, -0.25) is 4.79 Å². The Kier molecular flexibility index (Phi) is 4.34. The van der Waals surface area contributed by atoms with E-state index in [9.17, 15) is 4.79 Å². The van der Waals surface area contributed by atoms with Crippen LogP contribution in [0.2, 0.25) is 0 Å². The van der Waals surface area contributed by atoms with Crippen LogP contribution in [0.25, 0.3) is 11.3 Å². The molecule has 0 aliphatic carbocycles. The molecule has 1 heterocycles. The van der Waals surface area contributed by atoms with Crippen LogP contribution in [0.3, 0.4) is 0 Å². The van der Waals surface area contributed by atoms with Gasteiger partial charge in [0.05, 0.1) is 0 Å². The van der Waals surface area contributed by atoms with Crippen molar-refractivity contribution in [2.75, 3.05) is 0 Å². The summed E-state index contributed by atoms with van der Waals surface area (Å²) in [6.45, 7) is 4.08. The fourth-order valence-corrected chi connectivity index (χ4v) is 1.92. The Labute approximate surface area is 112 Å². The second-order valence-electron chi connectivity index (χ2n) is 4.61. The SMILES string of the molecule is CCC[C@@H](C)NC(=O)c1cc(-c2ccccc2)on1. The highest BCUT2D eigenvalue weighted by Gasteiger charge is 2.15. The number of benzene rings is 1. The Morgan fingerprint density at radius 2 is 2.11 bits per heavy atom. The Morgan fingerprint density at radius 1 is 1.37 bits per heavy atom. The third-order valence-corrected chi connectivity index (χ3v) is 2.90. The zero-order chi connectivity index (χ0) is 13.7. The molecule has 1 aromatic heterocycles. The van der Waals surface area contributed by atoms with Crippen LogP contribution in [-0.4, -0.2) is 17.1 Å². The van der Waals surface area contributed by atoms with Gasteiger partial charge in [0.15, 0.2) is 11.5 Å². The average Bonchev–Trinajstić information content (AvgIpc) is 2.89. The zero-order valence-electron chi connectivity index (χ0n) is 11.2. The van der Waals surface area contributed by atoms with E-state index in [1.54, 1.807) is 6.07 Å². The fourth-order valence-electron chi connectivity index (χ4n) is 1.92. The molecular formula is C15H18N2O2. The summed E-state index contributed by atoms with van der Waals surface area (Å²) >= 11 is 0. The van der Waals surface area contributed by atoms with Crippen molar-refractivity contribution in [2.45, 2.75) is 32.7 Å². The molecule has 0 saturated carbocycles. The predicted molar refractivity (Wildman–Crippen MR) is 73.8 cm³/mol. The quantitative estimate of drug-likeness (QED) is 0.895. The maximum atomic E-state index is 11.9. The molecule has 0 bridgehead atoms. The third kappa shape index (κ3) is 3.44. The van der Waals surface area contributed by atoms with E-state index in [2.05, 4.69) is 17.4 Å². The first kappa shape index (κ1) is 13.3. The van der Waals surface area contributed by atoms with Crippen molar-refractivity contribution in [1.82, 2.24) is 10.5 Å². The maximum Gasteiger partial charge on any atom is 0.273 e. The van der Waals surface area contributed by atoms with Gasteiger partial charge < -0.3 is 9.84 Å². The molecule has 0 aliphatic rings. The number of hydrogen-bond donors (Lipinski definition) is 1. The van der Waals surface area contributed by atoms with Crippen molar-refractivity contribution < 1.29 is 9.32 Å². The van der Waals surface area contributed by atoms with Crippen LogP contribution in [0, 0.1) is 0 Å². The lowest BCUT2D eigenvalue weighted by molar-refractivity contribution is 0.0929. The monoisotopic (exact) mass is 258 g/mol. The maximum absolute atomic E-state index is 11.9. The molecular weight excluding hydrogens is 240 g/mol. The Hall–Kier alpha value is -2.10. The second kappa shape index (κ2) is 6.18. The highest BCUT2D eigenvalue weighted by atomic mass is 16.5. The molecule has 1 aromatic carbocycles. The van der Waals surface area contributed by atoms with E-state index in [0.717, 1.165) is 18.4 Å². The highest BCUT2D eigenvalue weighted by Crippen LogP contribution is 2.19. The van der Waals surface area contributed by atoms with Gasteiger partial charge >= 0.3 is 0 Å². The summed E-state index contributed by atoms with van der Waals surface area (Å²) in [6.07, 6.45) is 1.99. The fraction of sp³-hybridized carbons (Fsp3) is 0.333. The molecule has 4 heteroatoms. The van der Waals surface area contributed by atoms with E-state index in [1.807, 2.05) is 37.3 Å². The molecule has 0 aliphatic heterocycles. The number of aromatic nitrogens is 1. The average molecular weight is 258 g/mol. The molecule has 2 aromatic rings. The standard InChI is InChI=1S/C15H18N2O2/c1-3-7-11(2)16-15(18)13-10-14(19-17-13)12-8-5-4-6-9-12/h4-6,8-11H,3,7H2,1-2H3,(H,16,18)/t11-/m1/s1. The van der Waals surface area contributed by atoms with Crippen LogP contribution < -0.4 is 5.32 Å². The first-order valence-electron chi connectivity index (χ1n) is 6.53. The first-order valence-corrected chi connectivity index (χ1v) is 6.53. The molecule has 100 valence electrons. The van der Waals surface area contributed by atoms with Crippen molar-refractivity contribution >= 4 is 5.91 Å². The van der Waals surface area contributed by atoms with Gasteiger partial charge in [-0.05, 0) is 13.3 Å². The van der Waals surface area contributed by atoms with Gasteiger partial charge in [-0.25, -0.2) is 0 Å². The molecule has 0 unspecified atom stereocenters. The van der Waals surface area contributed by atoms with E-state index in [-0.39, 0.29) is 11.9 Å². The van der Waals surface area contributed by atoms with Gasteiger partial charge in [-0.15, -0.1) is 0 Å². The minimum Gasteiger partial charge on any atom is -0.355 e. The number of carbonyl (C=O) groups excluding carboxylic acids is 1. The van der Waals surface area contributed by atoms with Gasteiger partial charge in [-0.2, -0.15) is 0 Å². The molecule has 0 spiro atoms. The van der Waals surface area contributed by atoms with E-state index >= 15 is 0 Å². The first-order chi connectivity index (χ1) is 9.20. The van der Waals surface area contributed by atoms with Crippen LogP contribution in [0.15, 0.2) is 40.9 Å². The zero-order valence-corrected chi connectivity index (χ0v) is 11.2. The van der Waals surface area contributed by atoms with Gasteiger partial charge in [-0.1, -0.05) is 48.8 Å². The lowest BCUT2D eigenvalue weighted by Gasteiger charge is -2.10. The summed E-state index contributed by atoms with van der Waals surface area (Å²) < 4.78 is 5.20. The molecule has 1 N–H and O–H groups in total.